The molecule has 2 heterocycles. The summed E-state index contributed by atoms with van der Waals surface area (Å²) in [7, 11) is 0. The van der Waals surface area contributed by atoms with Crippen LogP contribution in [-0.2, 0) is 17.8 Å². The first kappa shape index (κ1) is 34.6. The maximum Gasteiger partial charge on any atom is 0.307 e. The Morgan fingerprint density at radius 1 is 0.958 bits per heavy atom. The van der Waals surface area contributed by atoms with Gasteiger partial charge in [0.25, 0.3) is 0 Å². The highest BCUT2D eigenvalue weighted by Crippen LogP contribution is 2.44. The van der Waals surface area contributed by atoms with Gasteiger partial charge in [0.2, 0.25) is 0 Å². The van der Waals surface area contributed by atoms with Crippen molar-refractivity contribution >= 4 is 17.6 Å². The fourth-order valence-electron chi connectivity index (χ4n) is 8.05. The van der Waals surface area contributed by atoms with Crippen LogP contribution in [0.1, 0.15) is 87.7 Å². The minimum absolute atomic E-state index is 0.119. The van der Waals surface area contributed by atoms with Crippen LogP contribution < -0.4 is 14.2 Å². The smallest absolute Gasteiger partial charge is 0.307 e. The molecule has 3 aromatic rings. The van der Waals surface area contributed by atoms with Crippen LogP contribution in [0.15, 0.2) is 48.5 Å². The molecule has 0 saturated carbocycles. The minimum atomic E-state index is -0.726. The molecule has 3 aromatic carbocycles. The lowest BCUT2D eigenvalue weighted by Crippen LogP contribution is -2.38. The number of rotatable bonds is 13. The number of carboxylic acid groups (broad SMARTS) is 1. The number of halogens is 1. The first-order valence-corrected chi connectivity index (χ1v) is 18.3. The first-order valence-electron chi connectivity index (χ1n) is 17.9. The van der Waals surface area contributed by atoms with Crippen molar-refractivity contribution in [2.75, 3.05) is 32.8 Å². The van der Waals surface area contributed by atoms with Crippen molar-refractivity contribution in [1.29, 1.82) is 0 Å². The van der Waals surface area contributed by atoms with Gasteiger partial charge in [-0.2, -0.15) is 0 Å². The van der Waals surface area contributed by atoms with Crippen LogP contribution in [0.4, 0.5) is 0 Å². The third-order valence-corrected chi connectivity index (χ3v) is 11.0. The van der Waals surface area contributed by atoms with E-state index in [9.17, 15) is 9.90 Å². The summed E-state index contributed by atoms with van der Waals surface area (Å²) in [4.78, 5) is 16.4. The Morgan fingerprint density at radius 2 is 1.73 bits per heavy atom. The maximum absolute atomic E-state index is 11.6. The average molecular weight is 675 g/mol. The van der Waals surface area contributed by atoms with Crippen LogP contribution in [0.3, 0.4) is 0 Å². The molecule has 2 saturated heterocycles. The Bertz CT molecular complexity index is 1580. The molecule has 6 rings (SSSR count). The van der Waals surface area contributed by atoms with Gasteiger partial charge in [0.1, 0.15) is 23.4 Å². The number of benzene rings is 3. The van der Waals surface area contributed by atoms with Gasteiger partial charge in [-0.25, -0.2) is 0 Å². The number of piperidine rings is 1. The van der Waals surface area contributed by atoms with Gasteiger partial charge in [0.05, 0.1) is 24.2 Å². The third-order valence-electron chi connectivity index (χ3n) is 10.7. The van der Waals surface area contributed by atoms with Crippen molar-refractivity contribution in [1.82, 2.24) is 9.80 Å². The van der Waals surface area contributed by atoms with E-state index in [4.69, 9.17) is 25.8 Å². The van der Waals surface area contributed by atoms with Gasteiger partial charge in [0, 0.05) is 43.3 Å². The summed E-state index contributed by atoms with van der Waals surface area (Å²) in [5.41, 5.74) is 7.07. The number of likely N-dealkylation sites (tertiary alicyclic amines) is 2. The summed E-state index contributed by atoms with van der Waals surface area (Å²) >= 11 is 6.86. The monoisotopic (exact) mass is 674 g/mol. The molecule has 1 unspecified atom stereocenters. The number of hydrogen-bond acceptors (Lipinski definition) is 6. The average Bonchev–Trinajstić information content (AvgIpc) is 3.63. The van der Waals surface area contributed by atoms with Crippen LogP contribution in [-0.4, -0.2) is 65.8 Å². The molecule has 2 aliphatic heterocycles. The Kier molecular flexibility index (Phi) is 11.2. The number of fused-ring (bicyclic) bond motifs is 1. The molecule has 0 radical (unpaired) electrons. The zero-order valence-corrected chi connectivity index (χ0v) is 29.7. The van der Waals surface area contributed by atoms with E-state index in [2.05, 4.69) is 67.0 Å². The lowest BCUT2D eigenvalue weighted by molar-refractivity contribution is -0.143. The summed E-state index contributed by atoms with van der Waals surface area (Å²) in [6.07, 6.45) is 6.86. The van der Waals surface area contributed by atoms with Crippen LogP contribution in [0.5, 0.6) is 17.2 Å². The van der Waals surface area contributed by atoms with Gasteiger partial charge in [-0.05, 0) is 119 Å². The van der Waals surface area contributed by atoms with Crippen LogP contribution in [0, 0.1) is 12.8 Å². The van der Waals surface area contributed by atoms with Gasteiger partial charge in [0.15, 0.2) is 0 Å². The maximum atomic E-state index is 11.6. The molecule has 3 aliphatic rings. The second-order valence-electron chi connectivity index (χ2n) is 13.9. The van der Waals surface area contributed by atoms with Crippen molar-refractivity contribution < 1.29 is 24.1 Å². The Labute approximate surface area is 291 Å². The lowest BCUT2D eigenvalue weighted by atomic mass is 9.93. The van der Waals surface area contributed by atoms with E-state index in [1.54, 1.807) is 0 Å². The van der Waals surface area contributed by atoms with Gasteiger partial charge < -0.3 is 19.3 Å². The predicted octanol–water partition coefficient (Wildman–Crippen LogP) is 8.72. The summed E-state index contributed by atoms with van der Waals surface area (Å²) in [5, 5.41) is 10.1. The van der Waals surface area contributed by atoms with Crippen molar-refractivity contribution in [2.24, 2.45) is 5.92 Å². The van der Waals surface area contributed by atoms with E-state index < -0.39 is 5.97 Å². The molecule has 7 nitrogen and oxygen atoms in total. The second-order valence-corrected chi connectivity index (χ2v) is 14.3. The summed E-state index contributed by atoms with van der Waals surface area (Å²) in [6, 6.07) is 18.1. The van der Waals surface area contributed by atoms with E-state index in [1.165, 1.54) is 40.7 Å². The fourth-order valence-corrected chi connectivity index (χ4v) is 8.28. The summed E-state index contributed by atoms with van der Waals surface area (Å²) in [5.74, 6) is 1.24. The number of hydrogen-bond donors (Lipinski definition) is 1. The molecule has 0 amide bonds. The van der Waals surface area contributed by atoms with Crippen molar-refractivity contribution in [3.05, 3.63) is 75.8 Å². The predicted molar refractivity (Wildman–Crippen MR) is 192 cm³/mol. The van der Waals surface area contributed by atoms with Crippen molar-refractivity contribution in [2.45, 2.75) is 97.4 Å². The van der Waals surface area contributed by atoms with Gasteiger partial charge >= 0.3 is 5.97 Å². The molecular weight excluding hydrogens is 624 g/mol. The van der Waals surface area contributed by atoms with Crippen molar-refractivity contribution in [3.63, 3.8) is 0 Å². The zero-order valence-electron chi connectivity index (χ0n) is 29.0. The standard InChI is InChI=1S/C40H51ClN2O5/c1-5-46-38-23-39(35(41)22-30(38)25-42-19-8-10-29(24-42)40(44)45)48-37-18-17-33-32(12-6-13-34(33)37)31-11-7-14-36(28(31)4)47-21-9-20-43-26(2)15-16-27(43)3/h6-7,11-14,22-23,26-27,29,37H,5,8-10,15-21,24-25H2,1-4H3,(H,44,45)/t26-,27?,29-,37+/m1/s1. The van der Waals surface area contributed by atoms with Gasteiger partial charge in [-0.1, -0.05) is 41.9 Å². The number of nitrogens with zero attached hydrogens (tertiary/aromatic N) is 2. The molecule has 0 spiro atoms. The minimum Gasteiger partial charge on any atom is -0.493 e. The van der Waals surface area contributed by atoms with E-state index in [0.717, 1.165) is 62.3 Å². The molecule has 258 valence electrons. The molecular formula is C40H51ClN2O5. The van der Waals surface area contributed by atoms with Crippen molar-refractivity contribution in [3.8, 4) is 28.4 Å². The molecule has 1 aliphatic carbocycles. The molecule has 8 heteroatoms. The van der Waals surface area contributed by atoms with Gasteiger partial charge in [-0.3, -0.25) is 14.6 Å². The van der Waals surface area contributed by atoms with E-state index in [1.807, 2.05) is 19.1 Å². The Balaban J connectivity index is 1.15. The Morgan fingerprint density at radius 3 is 2.50 bits per heavy atom. The molecule has 48 heavy (non-hydrogen) atoms. The highest BCUT2D eigenvalue weighted by molar-refractivity contribution is 6.32. The molecule has 2 fully saturated rings. The highest BCUT2D eigenvalue weighted by atomic mass is 35.5. The number of carbonyl (C=O) groups is 1. The van der Waals surface area contributed by atoms with E-state index >= 15 is 0 Å². The van der Waals surface area contributed by atoms with Crippen LogP contribution in [0.2, 0.25) is 5.02 Å². The van der Waals surface area contributed by atoms with Crippen LogP contribution in [0.25, 0.3) is 11.1 Å². The van der Waals surface area contributed by atoms with E-state index in [-0.39, 0.29) is 12.0 Å². The van der Waals surface area contributed by atoms with Crippen LogP contribution >= 0.6 is 11.6 Å². The Hall–Kier alpha value is -3.26. The quantitative estimate of drug-likeness (QED) is 0.182. The van der Waals surface area contributed by atoms with Gasteiger partial charge in [-0.15, -0.1) is 0 Å². The molecule has 0 aromatic heterocycles. The zero-order chi connectivity index (χ0) is 33.8. The highest BCUT2D eigenvalue weighted by Gasteiger charge is 2.30. The topological polar surface area (TPSA) is 71.5 Å². The number of aliphatic carboxylic acids is 1. The third kappa shape index (κ3) is 7.64. The largest absolute Gasteiger partial charge is 0.493 e. The number of carboxylic acids is 1. The lowest BCUT2D eigenvalue weighted by Gasteiger charge is -2.31. The molecule has 4 atom stereocenters. The van der Waals surface area contributed by atoms with E-state index in [0.29, 0.717) is 49.2 Å². The summed E-state index contributed by atoms with van der Waals surface area (Å²) in [6.45, 7) is 13.1. The SMILES string of the molecule is CCOc1cc(O[C@H]2CCc3c(-c4cccc(OCCCN5C(C)CC[C@H]5C)c4C)cccc32)c(Cl)cc1CN1CCC[C@@H](C(=O)O)C1. The second kappa shape index (κ2) is 15.5. The summed E-state index contributed by atoms with van der Waals surface area (Å²) < 4.78 is 19.1. The fraction of sp³-hybridized carbons (Fsp3) is 0.525. The normalized spacial score (nSPS) is 22.9. The number of ether oxygens (including phenoxy) is 3. The molecule has 1 N–H and O–H groups in total. The molecule has 0 bridgehead atoms. The first-order chi connectivity index (χ1) is 23.2.